The van der Waals surface area contributed by atoms with Crippen LogP contribution in [0.2, 0.25) is 0 Å². The van der Waals surface area contributed by atoms with Gasteiger partial charge in [0.15, 0.2) is 0 Å². The minimum Gasteiger partial charge on any atom is -0.872 e. The second-order valence-electron chi connectivity index (χ2n) is 2.63. The van der Waals surface area contributed by atoms with Crippen LogP contribution in [0.25, 0.3) is 0 Å². The number of hydrogen-bond donors (Lipinski definition) is 1. The predicted molar refractivity (Wildman–Crippen MR) is 56.8 cm³/mol. The van der Waals surface area contributed by atoms with Crippen molar-refractivity contribution in [1.82, 2.24) is 6.15 Å². The maximum Gasteiger partial charge on any atom is 2.00 e. The van der Waals surface area contributed by atoms with Crippen molar-refractivity contribution in [2.75, 3.05) is 0 Å². The van der Waals surface area contributed by atoms with Crippen LogP contribution in [0.1, 0.15) is 0 Å². The minimum atomic E-state index is 0. The van der Waals surface area contributed by atoms with Crippen LogP contribution >= 0.6 is 0 Å². The number of hydrogen-bond acceptors (Lipinski definition) is 3. The normalized spacial score (nSPS) is 7.50. The number of rotatable bonds is 0. The molecule has 2 aromatic carbocycles. The zero-order valence-corrected chi connectivity index (χ0v) is 10.4. The van der Waals surface area contributed by atoms with E-state index in [1.165, 1.54) is 24.3 Å². The van der Waals surface area contributed by atoms with E-state index in [4.69, 9.17) is 0 Å². The SMILES string of the molecule is N.[O-]c1ccccc1.[O-]c1ccccc1.[Ti+2]. The van der Waals surface area contributed by atoms with Gasteiger partial charge >= 0.3 is 21.7 Å². The van der Waals surface area contributed by atoms with Crippen molar-refractivity contribution >= 4 is 0 Å². The molecule has 3 nitrogen and oxygen atoms in total. The van der Waals surface area contributed by atoms with Crippen LogP contribution in [0.5, 0.6) is 11.5 Å². The van der Waals surface area contributed by atoms with Crippen molar-refractivity contribution < 1.29 is 31.9 Å². The van der Waals surface area contributed by atoms with Gasteiger partial charge in [-0.25, -0.2) is 0 Å². The Morgan fingerprint density at radius 1 is 0.562 bits per heavy atom. The molecule has 16 heavy (non-hydrogen) atoms. The van der Waals surface area contributed by atoms with Crippen LogP contribution < -0.4 is 16.4 Å². The molecule has 0 fully saturated rings. The first kappa shape index (κ1) is 17.1. The van der Waals surface area contributed by atoms with Crippen LogP contribution in [-0.4, -0.2) is 0 Å². The fourth-order valence-electron chi connectivity index (χ4n) is 0.841. The van der Waals surface area contributed by atoms with Gasteiger partial charge in [-0.1, -0.05) is 60.7 Å². The summed E-state index contributed by atoms with van der Waals surface area (Å²) in [4.78, 5) is 0. The van der Waals surface area contributed by atoms with E-state index < -0.39 is 0 Å². The first-order valence-electron chi connectivity index (χ1n) is 4.23. The van der Waals surface area contributed by atoms with Crippen molar-refractivity contribution in [3.63, 3.8) is 0 Å². The average molecular weight is 251 g/mol. The summed E-state index contributed by atoms with van der Waals surface area (Å²) < 4.78 is 0. The quantitative estimate of drug-likeness (QED) is 0.723. The molecular weight excluding hydrogens is 238 g/mol. The van der Waals surface area contributed by atoms with Crippen molar-refractivity contribution in [1.29, 1.82) is 0 Å². The molecule has 0 atom stereocenters. The third kappa shape index (κ3) is 8.06. The molecule has 0 spiro atoms. The Balaban J connectivity index is 0. The molecule has 0 saturated heterocycles. The summed E-state index contributed by atoms with van der Waals surface area (Å²) in [6, 6.07) is 16.7. The summed E-state index contributed by atoms with van der Waals surface area (Å²) in [7, 11) is 0. The van der Waals surface area contributed by atoms with Gasteiger partial charge in [-0.15, -0.1) is 11.5 Å². The Labute approximate surface area is 110 Å². The van der Waals surface area contributed by atoms with Gasteiger partial charge in [0, 0.05) is 0 Å². The molecular formula is C12H13NO2Ti. The van der Waals surface area contributed by atoms with E-state index in [-0.39, 0.29) is 39.4 Å². The molecule has 0 aromatic heterocycles. The van der Waals surface area contributed by atoms with Gasteiger partial charge in [-0.3, -0.25) is 0 Å². The largest absolute Gasteiger partial charge is 2.00 e. The van der Waals surface area contributed by atoms with E-state index >= 15 is 0 Å². The molecule has 0 bridgehead atoms. The molecule has 4 heteroatoms. The Bertz CT molecular complexity index is 316. The molecule has 0 aliphatic rings. The molecule has 0 saturated carbocycles. The Morgan fingerprint density at radius 3 is 0.938 bits per heavy atom. The van der Waals surface area contributed by atoms with Gasteiger partial charge in [-0.05, 0) is 0 Å². The smallest absolute Gasteiger partial charge is 0.872 e. The maximum absolute atomic E-state index is 10.3. The predicted octanol–water partition coefficient (Wildman–Crippen LogP) is 1.68. The van der Waals surface area contributed by atoms with Gasteiger partial charge in [0.05, 0.1) is 0 Å². The molecule has 0 aliphatic heterocycles. The summed E-state index contributed by atoms with van der Waals surface area (Å²) in [6.07, 6.45) is 0. The van der Waals surface area contributed by atoms with E-state index in [9.17, 15) is 10.2 Å². The van der Waals surface area contributed by atoms with Gasteiger partial charge in [0.2, 0.25) is 0 Å². The van der Waals surface area contributed by atoms with Gasteiger partial charge in [0.1, 0.15) is 0 Å². The average Bonchev–Trinajstić information content (AvgIpc) is 2.21. The molecule has 0 radical (unpaired) electrons. The van der Waals surface area contributed by atoms with Gasteiger partial charge < -0.3 is 16.4 Å². The van der Waals surface area contributed by atoms with Crippen molar-refractivity contribution in [2.24, 2.45) is 0 Å². The van der Waals surface area contributed by atoms with Crippen molar-refractivity contribution in [2.45, 2.75) is 0 Å². The summed E-state index contributed by atoms with van der Waals surface area (Å²) in [5, 5.41) is 20.5. The van der Waals surface area contributed by atoms with E-state index in [1.54, 1.807) is 24.3 Å². The molecule has 2 aromatic rings. The zero-order valence-electron chi connectivity index (χ0n) is 8.80. The zero-order chi connectivity index (χ0) is 10.2. The van der Waals surface area contributed by atoms with Crippen LogP contribution in [-0.2, 0) is 21.7 Å². The van der Waals surface area contributed by atoms with E-state index in [0.29, 0.717) is 0 Å². The fourth-order valence-corrected chi connectivity index (χ4v) is 0.841. The molecule has 0 unspecified atom stereocenters. The van der Waals surface area contributed by atoms with E-state index in [1.807, 2.05) is 12.1 Å². The topological polar surface area (TPSA) is 81.1 Å². The molecule has 82 valence electrons. The van der Waals surface area contributed by atoms with Gasteiger partial charge in [0.25, 0.3) is 0 Å². The number of benzene rings is 2. The van der Waals surface area contributed by atoms with Crippen LogP contribution in [0.15, 0.2) is 60.7 Å². The van der Waals surface area contributed by atoms with Crippen molar-refractivity contribution in [3.05, 3.63) is 60.7 Å². The summed E-state index contributed by atoms with van der Waals surface area (Å²) >= 11 is 0. The van der Waals surface area contributed by atoms with Crippen LogP contribution in [0.3, 0.4) is 0 Å². The van der Waals surface area contributed by atoms with E-state index in [2.05, 4.69) is 0 Å². The summed E-state index contributed by atoms with van der Waals surface area (Å²) in [6.45, 7) is 0. The molecule has 0 amide bonds. The second kappa shape index (κ2) is 10.2. The molecule has 2 rings (SSSR count). The van der Waals surface area contributed by atoms with Gasteiger partial charge in [-0.2, -0.15) is 0 Å². The maximum atomic E-state index is 10.3. The van der Waals surface area contributed by atoms with Crippen molar-refractivity contribution in [3.8, 4) is 11.5 Å². The van der Waals surface area contributed by atoms with Crippen LogP contribution in [0, 0.1) is 0 Å². The molecule has 0 aliphatic carbocycles. The summed E-state index contributed by atoms with van der Waals surface area (Å²) in [5.41, 5.74) is 0. The first-order valence-corrected chi connectivity index (χ1v) is 4.23. The summed E-state index contributed by atoms with van der Waals surface area (Å²) in [5.74, 6) is 0.144. The minimum absolute atomic E-state index is 0. The third-order valence-corrected chi connectivity index (χ3v) is 1.49. The fraction of sp³-hybridized carbons (Fsp3) is 0. The Morgan fingerprint density at radius 2 is 0.812 bits per heavy atom. The standard InChI is InChI=1S/2C6H6O.H3N.Ti/c2*7-6-4-2-1-3-5-6;;/h2*1-5,7H;1H3;/q;;;+2/p-2. The third-order valence-electron chi connectivity index (χ3n) is 1.49. The molecule has 0 heterocycles. The second-order valence-corrected chi connectivity index (χ2v) is 2.63. The monoisotopic (exact) mass is 251 g/mol. The van der Waals surface area contributed by atoms with E-state index in [0.717, 1.165) is 0 Å². The first-order chi connectivity index (χ1) is 6.79. The Hall–Kier alpha value is -1.29. The number of para-hydroxylation sites is 2. The van der Waals surface area contributed by atoms with Crippen LogP contribution in [0.4, 0.5) is 0 Å². The Kier molecular flexibility index (Phi) is 11.0. The molecule has 3 N–H and O–H groups in total.